The summed E-state index contributed by atoms with van der Waals surface area (Å²) < 4.78 is 14.3. The predicted octanol–water partition coefficient (Wildman–Crippen LogP) is 5.09. The van der Waals surface area contributed by atoms with E-state index in [0.717, 1.165) is 36.1 Å². The molecule has 2 amide bonds. The quantitative estimate of drug-likeness (QED) is 0.579. The van der Waals surface area contributed by atoms with Crippen LogP contribution in [0.2, 0.25) is 0 Å². The maximum atomic E-state index is 14.3. The summed E-state index contributed by atoms with van der Waals surface area (Å²) in [7, 11) is 0. The molecule has 3 rings (SSSR count). The van der Waals surface area contributed by atoms with Gasteiger partial charge in [-0.25, -0.2) is 4.39 Å². The molecule has 0 unspecified atom stereocenters. The maximum absolute atomic E-state index is 14.3. The summed E-state index contributed by atoms with van der Waals surface area (Å²) in [5.74, 6) is -0.526. The van der Waals surface area contributed by atoms with Crippen LogP contribution in [-0.2, 0) is 16.1 Å². The van der Waals surface area contributed by atoms with Crippen molar-refractivity contribution in [2.75, 3.05) is 5.75 Å². The van der Waals surface area contributed by atoms with Gasteiger partial charge in [0.15, 0.2) is 0 Å². The van der Waals surface area contributed by atoms with E-state index in [0.29, 0.717) is 5.56 Å². The van der Waals surface area contributed by atoms with Crippen LogP contribution >= 0.6 is 11.8 Å². The highest BCUT2D eigenvalue weighted by Gasteiger charge is 2.28. The third-order valence-corrected chi connectivity index (χ3v) is 6.80. The van der Waals surface area contributed by atoms with Crippen LogP contribution in [0.15, 0.2) is 53.4 Å². The second-order valence-corrected chi connectivity index (χ2v) is 9.28. The minimum atomic E-state index is -0.673. The Bertz CT molecular complexity index is 881. The SMILES string of the molecule is Cc1ccc(SCC(=O)N(Cc2ccccc2F)[C@@H](C)C(=O)NC2CCCCC2)cc1. The molecule has 0 heterocycles. The van der Waals surface area contributed by atoms with Gasteiger partial charge < -0.3 is 10.2 Å². The van der Waals surface area contributed by atoms with Crippen molar-refractivity contribution in [3.05, 3.63) is 65.5 Å². The molecule has 1 atom stereocenters. The monoisotopic (exact) mass is 442 g/mol. The van der Waals surface area contributed by atoms with E-state index in [1.165, 1.54) is 29.1 Å². The Labute approximate surface area is 188 Å². The normalized spacial score (nSPS) is 15.3. The molecule has 0 aliphatic heterocycles. The Morgan fingerprint density at radius 2 is 1.77 bits per heavy atom. The fourth-order valence-corrected chi connectivity index (χ4v) is 4.61. The van der Waals surface area contributed by atoms with Crippen LogP contribution in [0.4, 0.5) is 4.39 Å². The van der Waals surface area contributed by atoms with Crippen LogP contribution in [0.3, 0.4) is 0 Å². The van der Waals surface area contributed by atoms with Crippen molar-refractivity contribution in [2.45, 2.75) is 69.5 Å². The standard InChI is InChI=1S/C25H31FN2O2S/c1-18-12-14-22(15-13-18)31-17-24(29)28(16-20-8-6-7-11-23(20)26)19(2)25(30)27-21-9-4-3-5-10-21/h6-8,11-15,19,21H,3-5,9-10,16-17H2,1-2H3,(H,27,30)/t19-/m0/s1. The molecule has 2 aromatic rings. The number of nitrogens with zero attached hydrogens (tertiary/aromatic N) is 1. The van der Waals surface area contributed by atoms with Gasteiger partial charge >= 0.3 is 0 Å². The average molecular weight is 443 g/mol. The van der Waals surface area contributed by atoms with Crippen LogP contribution in [0.25, 0.3) is 0 Å². The molecule has 31 heavy (non-hydrogen) atoms. The molecular formula is C25H31FN2O2S. The fourth-order valence-electron chi connectivity index (χ4n) is 3.82. The van der Waals surface area contributed by atoms with Crippen molar-refractivity contribution >= 4 is 23.6 Å². The molecule has 0 spiro atoms. The van der Waals surface area contributed by atoms with E-state index >= 15 is 0 Å². The van der Waals surface area contributed by atoms with Crippen LogP contribution in [0.1, 0.15) is 50.2 Å². The van der Waals surface area contributed by atoms with Crippen LogP contribution < -0.4 is 5.32 Å². The highest BCUT2D eigenvalue weighted by atomic mass is 32.2. The number of hydrogen-bond donors (Lipinski definition) is 1. The number of carbonyl (C=O) groups excluding carboxylic acids is 2. The van der Waals surface area contributed by atoms with Gasteiger partial charge in [-0.05, 0) is 44.9 Å². The summed E-state index contributed by atoms with van der Waals surface area (Å²) in [5, 5.41) is 3.10. The van der Waals surface area contributed by atoms with E-state index in [9.17, 15) is 14.0 Å². The van der Waals surface area contributed by atoms with Gasteiger partial charge in [-0.15, -0.1) is 11.8 Å². The maximum Gasteiger partial charge on any atom is 0.242 e. The molecule has 1 saturated carbocycles. The van der Waals surface area contributed by atoms with E-state index in [1.807, 2.05) is 31.2 Å². The molecule has 6 heteroatoms. The van der Waals surface area contributed by atoms with E-state index < -0.39 is 6.04 Å². The number of hydrogen-bond acceptors (Lipinski definition) is 3. The molecule has 166 valence electrons. The highest BCUT2D eigenvalue weighted by Crippen LogP contribution is 2.22. The highest BCUT2D eigenvalue weighted by molar-refractivity contribution is 8.00. The lowest BCUT2D eigenvalue weighted by Gasteiger charge is -2.31. The van der Waals surface area contributed by atoms with Gasteiger partial charge in [-0.2, -0.15) is 0 Å². The average Bonchev–Trinajstić information content (AvgIpc) is 2.78. The van der Waals surface area contributed by atoms with Crippen LogP contribution in [-0.4, -0.2) is 34.6 Å². The number of halogens is 1. The third kappa shape index (κ3) is 6.82. The van der Waals surface area contributed by atoms with E-state index in [2.05, 4.69) is 5.32 Å². The minimum Gasteiger partial charge on any atom is -0.352 e. The first-order chi connectivity index (χ1) is 14.9. The molecule has 1 aliphatic rings. The Kier molecular flexibility index (Phi) is 8.52. The Balaban J connectivity index is 1.71. The lowest BCUT2D eigenvalue weighted by Crippen LogP contribution is -2.50. The molecule has 0 saturated heterocycles. The van der Waals surface area contributed by atoms with Crippen LogP contribution in [0, 0.1) is 12.7 Å². The molecule has 1 aliphatic carbocycles. The Morgan fingerprint density at radius 1 is 1.10 bits per heavy atom. The van der Waals surface area contributed by atoms with Gasteiger partial charge in [0.2, 0.25) is 11.8 Å². The van der Waals surface area contributed by atoms with Crippen molar-refractivity contribution < 1.29 is 14.0 Å². The molecule has 2 aromatic carbocycles. The molecular weight excluding hydrogens is 411 g/mol. The van der Waals surface area contributed by atoms with Gasteiger partial charge in [0.1, 0.15) is 11.9 Å². The largest absolute Gasteiger partial charge is 0.352 e. The van der Waals surface area contributed by atoms with Gasteiger partial charge in [-0.3, -0.25) is 9.59 Å². The number of rotatable bonds is 8. The fraction of sp³-hybridized carbons (Fsp3) is 0.440. The number of thioether (sulfide) groups is 1. The van der Waals surface area contributed by atoms with Crippen molar-refractivity contribution in [1.29, 1.82) is 0 Å². The molecule has 4 nitrogen and oxygen atoms in total. The predicted molar refractivity (Wildman–Crippen MR) is 123 cm³/mol. The van der Waals surface area contributed by atoms with Crippen molar-refractivity contribution in [2.24, 2.45) is 0 Å². The van der Waals surface area contributed by atoms with Crippen LogP contribution in [0.5, 0.6) is 0 Å². The smallest absolute Gasteiger partial charge is 0.242 e. The second-order valence-electron chi connectivity index (χ2n) is 8.23. The number of aryl methyl sites for hydroxylation is 1. The Hall–Kier alpha value is -2.34. The lowest BCUT2D eigenvalue weighted by molar-refractivity contribution is -0.139. The van der Waals surface area contributed by atoms with Crippen molar-refractivity contribution in [3.8, 4) is 0 Å². The van der Waals surface area contributed by atoms with Crippen molar-refractivity contribution in [1.82, 2.24) is 10.2 Å². The van der Waals surface area contributed by atoms with E-state index in [-0.39, 0.29) is 36.0 Å². The summed E-state index contributed by atoms with van der Waals surface area (Å²) >= 11 is 1.43. The lowest BCUT2D eigenvalue weighted by atomic mass is 9.95. The zero-order valence-corrected chi connectivity index (χ0v) is 19.1. The number of carbonyl (C=O) groups is 2. The summed E-state index contributed by atoms with van der Waals surface area (Å²) in [6, 6.07) is 13.9. The molecule has 0 bridgehead atoms. The van der Waals surface area contributed by atoms with E-state index in [4.69, 9.17) is 0 Å². The first-order valence-electron chi connectivity index (χ1n) is 11.0. The zero-order chi connectivity index (χ0) is 22.2. The van der Waals surface area contributed by atoms with Gasteiger partial charge in [0.05, 0.1) is 5.75 Å². The third-order valence-electron chi connectivity index (χ3n) is 5.80. The summed E-state index contributed by atoms with van der Waals surface area (Å²) in [5.41, 5.74) is 1.57. The number of benzene rings is 2. The van der Waals surface area contributed by atoms with Crippen molar-refractivity contribution in [3.63, 3.8) is 0 Å². The number of nitrogens with one attached hydrogen (secondary N) is 1. The summed E-state index contributed by atoms with van der Waals surface area (Å²) in [6.45, 7) is 3.81. The Morgan fingerprint density at radius 3 is 2.45 bits per heavy atom. The molecule has 0 radical (unpaired) electrons. The summed E-state index contributed by atoms with van der Waals surface area (Å²) in [6.07, 6.45) is 5.39. The van der Waals surface area contributed by atoms with Gasteiger partial charge in [-0.1, -0.05) is 55.2 Å². The molecule has 0 aromatic heterocycles. The van der Waals surface area contributed by atoms with E-state index in [1.54, 1.807) is 25.1 Å². The zero-order valence-electron chi connectivity index (χ0n) is 18.3. The molecule has 1 fully saturated rings. The first kappa shape index (κ1) is 23.3. The first-order valence-corrected chi connectivity index (χ1v) is 12.0. The van der Waals surface area contributed by atoms with Gasteiger partial charge in [0, 0.05) is 23.0 Å². The topological polar surface area (TPSA) is 49.4 Å². The molecule has 1 N–H and O–H groups in total. The van der Waals surface area contributed by atoms with Gasteiger partial charge in [0.25, 0.3) is 0 Å². The second kappa shape index (κ2) is 11.3. The number of amides is 2. The summed E-state index contributed by atoms with van der Waals surface area (Å²) in [4.78, 5) is 28.6. The minimum absolute atomic E-state index is 0.0687.